The molecule has 1 rings (SSSR count). The van der Waals surface area contributed by atoms with Crippen LogP contribution in [0.25, 0.3) is 0 Å². The third kappa shape index (κ3) is 5.48. The van der Waals surface area contributed by atoms with E-state index in [9.17, 15) is 4.79 Å². The first-order valence-electron chi connectivity index (χ1n) is 6.27. The molecule has 0 saturated heterocycles. The molecule has 0 N–H and O–H groups in total. The molecule has 0 bridgehead atoms. The summed E-state index contributed by atoms with van der Waals surface area (Å²) in [7, 11) is 0. The molecule has 0 radical (unpaired) electrons. The van der Waals surface area contributed by atoms with Crippen LogP contribution in [0.2, 0.25) is 0 Å². The van der Waals surface area contributed by atoms with Crippen LogP contribution in [-0.2, 0) is 14.3 Å². The van der Waals surface area contributed by atoms with Gasteiger partial charge in [0.25, 0.3) is 0 Å². The Morgan fingerprint density at radius 1 is 1.65 bits per heavy atom. The summed E-state index contributed by atoms with van der Waals surface area (Å²) >= 11 is 2.28. The van der Waals surface area contributed by atoms with Crippen LogP contribution in [0, 0.1) is 0 Å². The number of ether oxygens (including phenoxy) is 2. The highest BCUT2D eigenvalue weighted by atomic mass is 127. The summed E-state index contributed by atoms with van der Waals surface area (Å²) in [6.45, 7) is 2.65. The van der Waals surface area contributed by atoms with Crippen LogP contribution in [0.5, 0.6) is 0 Å². The fourth-order valence-electron chi connectivity index (χ4n) is 2.04. The number of alkyl halides is 1. The maximum absolute atomic E-state index is 10.4. The molecule has 0 aromatic rings. The molecule has 17 heavy (non-hydrogen) atoms. The van der Waals surface area contributed by atoms with E-state index in [-0.39, 0.29) is 12.4 Å². The van der Waals surface area contributed by atoms with Gasteiger partial charge in [0.1, 0.15) is 6.29 Å². The molecule has 0 aromatic carbocycles. The molecule has 0 heterocycles. The number of aldehydes is 1. The molecule has 0 saturated carbocycles. The maximum Gasteiger partial charge on any atom is 0.167 e. The smallest absolute Gasteiger partial charge is 0.167 e. The van der Waals surface area contributed by atoms with Crippen LogP contribution in [-0.4, -0.2) is 29.7 Å². The minimum absolute atomic E-state index is 0.122. The normalized spacial score (nSPS) is 22.0. The van der Waals surface area contributed by atoms with Gasteiger partial charge in [-0.05, 0) is 38.2 Å². The number of halogens is 1. The largest absolute Gasteiger partial charge is 0.352 e. The van der Waals surface area contributed by atoms with Crippen molar-refractivity contribution in [3.8, 4) is 0 Å². The number of hydrogen-bond acceptors (Lipinski definition) is 3. The summed E-state index contributed by atoms with van der Waals surface area (Å²) in [6, 6.07) is 0. The van der Waals surface area contributed by atoms with Crippen molar-refractivity contribution < 1.29 is 14.3 Å². The summed E-state index contributed by atoms with van der Waals surface area (Å²) in [6.07, 6.45) is 7.97. The molecule has 0 spiro atoms. The van der Waals surface area contributed by atoms with Crippen LogP contribution in [0.3, 0.4) is 0 Å². The van der Waals surface area contributed by atoms with E-state index in [1.165, 1.54) is 5.57 Å². The summed E-state index contributed by atoms with van der Waals surface area (Å²) in [4.78, 5) is 10.4. The van der Waals surface area contributed by atoms with E-state index in [1.54, 1.807) is 0 Å². The Hall–Kier alpha value is 0.0600. The van der Waals surface area contributed by atoms with E-state index < -0.39 is 0 Å². The third-order valence-electron chi connectivity index (χ3n) is 2.84. The lowest BCUT2D eigenvalue weighted by atomic mass is 9.93. The van der Waals surface area contributed by atoms with Crippen LogP contribution in [0.1, 0.15) is 39.0 Å². The second kappa shape index (κ2) is 9.05. The van der Waals surface area contributed by atoms with E-state index in [0.29, 0.717) is 13.0 Å². The lowest BCUT2D eigenvalue weighted by Crippen LogP contribution is -2.28. The van der Waals surface area contributed by atoms with Gasteiger partial charge in [-0.2, -0.15) is 0 Å². The van der Waals surface area contributed by atoms with Gasteiger partial charge >= 0.3 is 0 Å². The topological polar surface area (TPSA) is 35.5 Å². The van der Waals surface area contributed by atoms with Crippen LogP contribution in [0.4, 0.5) is 0 Å². The van der Waals surface area contributed by atoms with Crippen molar-refractivity contribution in [2.75, 3.05) is 11.0 Å². The molecule has 3 nitrogen and oxygen atoms in total. The Balaban J connectivity index is 2.50. The second-order valence-corrected chi connectivity index (χ2v) is 4.96. The predicted octanol–water partition coefficient (Wildman–Crippen LogP) is 3.26. The quantitative estimate of drug-likeness (QED) is 0.221. The van der Waals surface area contributed by atoms with E-state index in [1.807, 2.05) is 6.92 Å². The highest BCUT2D eigenvalue weighted by Crippen LogP contribution is 2.26. The average Bonchev–Trinajstić information content (AvgIpc) is 2.37. The molecule has 0 aliphatic heterocycles. The average molecular weight is 352 g/mol. The molecular weight excluding hydrogens is 331 g/mol. The van der Waals surface area contributed by atoms with Crippen molar-refractivity contribution in [1.29, 1.82) is 0 Å². The molecule has 1 aliphatic carbocycles. The first kappa shape index (κ1) is 15.1. The number of allylic oxidation sites excluding steroid dienone is 1. The summed E-state index contributed by atoms with van der Waals surface area (Å²) < 4.78 is 12.3. The lowest BCUT2D eigenvalue weighted by Gasteiger charge is -2.28. The van der Waals surface area contributed by atoms with E-state index in [0.717, 1.165) is 36.4 Å². The summed E-state index contributed by atoms with van der Waals surface area (Å²) in [5, 5.41) is 0. The molecule has 4 heteroatoms. The van der Waals surface area contributed by atoms with Crippen molar-refractivity contribution in [2.24, 2.45) is 0 Å². The zero-order valence-corrected chi connectivity index (χ0v) is 12.5. The lowest BCUT2D eigenvalue weighted by molar-refractivity contribution is -0.146. The highest BCUT2D eigenvalue weighted by molar-refractivity contribution is 14.1. The highest BCUT2D eigenvalue weighted by Gasteiger charge is 2.21. The zero-order valence-electron chi connectivity index (χ0n) is 10.4. The second-order valence-electron chi connectivity index (χ2n) is 4.08. The molecule has 2 unspecified atom stereocenters. The number of hydrogen-bond donors (Lipinski definition) is 0. The summed E-state index contributed by atoms with van der Waals surface area (Å²) in [5.41, 5.74) is 1.28. The molecule has 0 fully saturated rings. The standard InChI is InChI=1S/C13H21IO3/c1-2-16-13(10-14)17-12-8-4-3-6-11(12)7-5-9-15/h6,9,12-13H,2-5,7-8,10H2,1H3. The Bertz CT molecular complexity index is 253. The summed E-state index contributed by atoms with van der Waals surface area (Å²) in [5.74, 6) is 0. The fraction of sp³-hybridized carbons (Fsp3) is 0.769. The van der Waals surface area contributed by atoms with Gasteiger partial charge in [-0.15, -0.1) is 0 Å². The Labute approximate surface area is 117 Å². The molecule has 98 valence electrons. The van der Waals surface area contributed by atoms with Crippen LogP contribution in [0.15, 0.2) is 11.6 Å². The predicted molar refractivity (Wildman–Crippen MR) is 76.4 cm³/mol. The SMILES string of the molecule is CCOC(CI)OC1CCCC=C1CCC=O. The van der Waals surface area contributed by atoms with Crippen molar-refractivity contribution in [3.05, 3.63) is 11.6 Å². The van der Waals surface area contributed by atoms with Gasteiger partial charge in [0, 0.05) is 13.0 Å². The molecule has 2 atom stereocenters. The Kier molecular flexibility index (Phi) is 8.05. The fourth-order valence-corrected chi connectivity index (χ4v) is 2.50. The van der Waals surface area contributed by atoms with Gasteiger partial charge < -0.3 is 14.3 Å². The van der Waals surface area contributed by atoms with Crippen LogP contribution < -0.4 is 0 Å². The molecule has 0 aromatic heterocycles. The minimum atomic E-state index is -0.122. The monoisotopic (exact) mass is 352 g/mol. The van der Waals surface area contributed by atoms with Crippen molar-refractivity contribution in [3.63, 3.8) is 0 Å². The van der Waals surface area contributed by atoms with Gasteiger partial charge in [0.2, 0.25) is 0 Å². The van der Waals surface area contributed by atoms with E-state index in [2.05, 4.69) is 28.7 Å². The van der Waals surface area contributed by atoms with Crippen molar-refractivity contribution >= 4 is 28.9 Å². The number of rotatable bonds is 8. The van der Waals surface area contributed by atoms with E-state index in [4.69, 9.17) is 9.47 Å². The van der Waals surface area contributed by atoms with Gasteiger partial charge in [0.05, 0.1) is 10.5 Å². The van der Waals surface area contributed by atoms with Gasteiger partial charge in [0.15, 0.2) is 6.29 Å². The minimum Gasteiger partial charge on any atom is -0.352 e. The molecule has 0 amide bonds. The van der Waals surface area contributed by atoms with Crippen LogP contribution >= 0.6 is 22.6 Å². The zero-order chi connectivity index (χ0) is 12.5. The number of carbonyl (C=O) groups is 1. The van der Waals surface area contributed by atoms with Crippen molar-refractivity contribution in [2.45, 2.75) is 51.4 Å². The first-order chi connectivity index (χ1) is 8.31. The first-order valence-corrected chi connectivity index (χ1v) is 7.80. The van der Waals surface area contributed by atoms with Gasteiger partial charge in [-0.1, -0.05) is 28.7 Å². The van der Waals surface area contributed by atoms with Crippen molar-refractivity contribution in [1.82, 2.24) is 0 Å². The third-order valence-corrected chi connectivity index (χ3v) is 3.56. The van der Waals surface area contributed by atoms with Gasteiger partial charge in [-0.3, -0.25) is 0 Å². The van der Waals surface area contributed by atoms with E-state index >= 15 is 0 Å². The Morgan fingerprint density at radius 3 is 3.12 bits per heavy atom. The Morgan fingerprint density at radius 2 is 2.47 bits per heavy atom. The maximum atomic E-state index is 10.4. The molecule has 1 aliphatic rings. The van der Waals surface area contributed by atoms with Gasteiger partial charge in [-0.25, -0.2) is 0 Å². The molecular formula is C13H21IO3. The number of carbonyl (C=O) groups excluding carboxylic acids is 1.